The maximum Gasteiger partial charge on any atom is 0.0402 e. The van der Waals surface area contributed by atoms with Crippen LogP contribution in [-0.2, 0) is 0 Å². The Kier molecular flexibility index (Phi) is 3.61. The number of aliphatic imine (C=N–C) groups is 1. The third kappa shape index (κ3) is 3.46. The summed E-state index contributed by atoms with van der Waals surface area (Å²) in [4.78, 5) is 3.48. The van der Waals surface area contributed by atoms with Gasteiger partial charge in [0.05, 0.1) is 0 Å². The topological polar surface area (TPSA) is 12.4 Å². The number of hydrogen-bond donors (Lipinski definition) is 0. The monoisotopic (exact) mass is 159 g/mol. The van der Waals surface area contributed by atoms with E-state index >= 15 is 0 Å². The molecule has 0 aliphatic rings. The Morgan fingerprint density at radius 1 is 1.71 bits per heavy atom. The van der Waals surface area contributed by atoms with Crippen molar-refractivity contribution in [2.45, 2.75) is 0 Å². The van der Waals surface area contributed by atoms with E-state index in [0.29, 0.717) is 0 Å². The van der Waals surface area contributed by atoms with Crippen molar-refractivity contribution >= 4 is 22.6 Å². The quantitative estimate of drug-likeness (QED) is 0.433. The summed E-state index contributed by atoms with van der Waals surface area (Å²) in [6.07, 6.45) is 3.22. The Bertz CT molecular complexity index is 105. The van der Waals surface area contributed by atoms with Crippen LogP contribution in [0.25, 0.3) is 0 Å². The van der Waals surface area contributed by atoms with E-state index in [1.165, 1.54) is 0 Å². The summed E-state index contributed by atoms with van der Waals surface area (Å²) in [7, 11) is 0. The molecule has 1 nitrogen and oxygen atoms in total. The van der Waals surface area contributed by atoms with Gasteiger partial charge in [-0.15, -0.1) is 0 Å². The molecule has 0 aliphatic heterocycles. The Morgan fingerprint density at radius 2 is 2.29 bits per heavy atom. The van der Waals surface area contributed by atoms with Crippen molar-refractivity contribution in [3.8, 4) is 0 Å². The molecule has 38 valence electrons. The van der Waals surface area contributed by atoms with Gasteiger partial charge in [0.2, 0.25) is 0 Å². The van der Waals surface area contributed by atoms with Crippen LogP contribution in [-0.4, -0.2) is 6.72 Å². The van der Waals surface area contributed by atoms with Gasteiger partial charge in [-0.05, 0) is 22.6 Å². The molecule has 0 spiro atoms. The SMILES string of the molecule is C=CC(Br)=CN=C. The third-order valence-corrected chi connectivity index (χ3v) is 0.938. The number of nitrogens with zero attached hydrogens (tertiary/aromatic N) is 1. The Morgan fingerprint density at radius 3 is 2.43 bits per heavy atom. The minimum Gasteiger partial charge on any atom is -0.271 e. The minimum atomic E-state index is 0.850. The van der Waals surface area contributed by atoms with Gasteiger partial charge in [0.1, 0.15) is 0 Å². The highest BCUT2D eigenvalue weighted by molar-refractivity contribution is 9.11. The van der Waals surface area contributed by atoms with E-state index in [-0.39, 0.29) is 0 Å². The first-order valence-corrected chi connectivity index (χ1v) is 2.54. The van der Waals surface area contributed by atoms with Crippen molar-refractivity contribution in [2.24, 2.45) is 4.99 Å². The van der Waals surface area contributed by atoms with Crippen molar-refractivity contribution in [1.29, 1.82) is 0 Å². The molecule has 2 heteroatoms. The van der Waals surface area contributed by atoms with E-state index in [4.69, 9.17) is 0 Å². The van der Waals surface area contributed by atoms with Gasteiger partial charge in [0, 0.05) is 10.7 Å². The van der Waals surface area contributed by atoms with Gasteiger partial charge in [0.25, 0.3) is 0 Å². The molecule has 0 radical (unpaired) electrons. The molecule has 0 rings (SSSR count). The Balaban J connectivity index is 3.72. The van der Waals surface area contributed by atoms with Gasteiger partial charge in [-0.3, -0.25) is 4.99 Å². The van der Waals surface area contributed by atoms with Crippen molar-refractivity contribution in [3.63, 3.8) is 0 Å². The molecule has 0 atom stereocenters. The fourth-order valence-electron chi connectivity index (χ4n) is 0.140. The average Bonchev–Trinajstić information content (AvgIpc) is 1.68. The van der Waals surface area contributed by atoms with Gasteiger partial charge in [-0.1, -0.05) is 12.7 Å². The van der Waals surface area contributed by atoms with E-state index in [0.717, 1.165) is 4.48 Å². The van der Waals surface area contributed by atoms with Crippen LogP contribution >= 0.6 is 15.9 Å². The molecule has 0 fully saturated rings. The van der Waals surface area contributed by atoms with Crippen molar-refractivity contribution in [2.75, 3.05) is 0 Å². The smallest absolute Gasteiger partial charge is 0.0402 e. The predicted molar refractivity (Wildman–Crippen MR) is 36.8 cm³/mol. The van der Waals surface area contributed by atoms with Gasteiger partial charge in [-0.2, -0.15) is 0 Å². The maximum atomic E-state index is 3.48. The van der Waals surface area contributed by atoms with Crippen LogP contribution in [0, 0.1) is 0 Å². The van der Waals surface area contributed by atoms with Crippen LogP contribution in [0.15, 0.2) is 28.3 Å². The van der Waals surface area contributed by atoms with E-state index in [1.807, 2.05) is 0 Å². The Labute approximate surface area is 51.6 Å². The second kappa shape index (κ2) is 3.81. The zero-order chi connectivity index (χ0) is 5.70. The largest absolute Gasteiger partial charge is 0.271 e. The van der Waals surface area contributed by atoms with Crippen LogP contribution in [0.3, 0.4) is 0 Å². The predicted octanol–water partition coefficient (Wildman–Crippen LogP) is 2.11. The zero-order valence-corrected chi connectivity index (χ0v) is 5.48. The second-order valence-electron chi connectivity index (χ2n) is 0.901. The van der Waals surface area contributed by atoms with Gasteiger partial charge < -0.3 is 0 Å². The molecular weight excluding hydrogens is 154 g/mol. The molecule has 0 heterocycles. The van der Waals surface area contributed by atoms with Crippen molar-refractivity contribution in [3.05, 3.63) is 23.3 Å². The number of halogens is 1. The number of rotatable bonds is 2. The molecule has 0 aliphatic carbocycles. The third-order valence-electron chi connectivity index (χ3n) is 0.410. The molecule has 7 heavy (non-hydrogen) atoms. The molecule has 0 aromatic carbocycles. The zero-order valence-electron chi connectivity index (χ0n) is 3.89. The van der Waals surface area contributed by atoms with Crippen LogP contribution in [0.2, 0.25) is 0 Å². The Hall–Kier alpha value is -0.370. The van der Waals surface area contributed by atoms with Crippen LogP contribution in [0.5, 0.6) is 0 Å². The molecular formula is C5H6BrN. The normalized spacial score (nSPS) is 10.7. The standard InChI is InChI=1S/C5H6BrN/c1-3-5(6)4-7-2/h3-4H,1-2H2. The van der Waals surface area contributed by atoms with Crippen molar-refractivity contribution in [1.82, 2.24) is 0 Å². The highest BCUT2D eigenvalue weighted by Gasteiger charge is 1.72. The second-order valence-corrected chi connectivity index (χ2v) is 1.82. The first-order chi connectivity index (χ1) is 3.31. The number of hydrogen-bond acceptors (Lipinski definition) is 1. The van der Waals surface area contributed by atoms with Crippen molar-refractivity contribution < 1.29 is 0 Å². The lowest BCUT2D eigenvalue weighted by atomic mass is 10.6. The maximum absolute atomic E-state index is 3.48. The van der Waals surface area contributed by atoms with E-state index in [9.17, 15) is 0 Å². The van der Waals surface area contributed by atoms with E-state index < -0.39 is 0 Å². The highest BCUT2D eigenvalue weighted by atomic mass is 79.9. The average molecular weight is 160 g/mol. The van der Waals surface area contributed by atoms with Crippen LogP contribution < -0.4 is 0 Å². The fraction of sp³-hybridized carbons (Fsp3) is 0. The summed E-state index contributed by atoms with van der Waals surface area (Å²) in [5, 5.41) is 0. The summed E-state index contributed by atoms with van der Waals surface area (Å²) in [5.74, 6) is 0. The molecule has 0 saturated heterocycles. The summed E-state index contributed by atoms with van der Waals surface area (Å²) in [5.41, 5.74) is 0. The molecule has 0 unspecified atom stereocenters. The van der Waals surface area contributed by atoms with Crippen LogP contribution in [0.1, 0.15) is 0 Å². The summed E-state index contributed by atoms with van der Waals surface area (Å²) >= 11 is 3.15. The van der Waals surface area contributed by atoms with Gasteiger partial charge in [-0.25, -0.2) is 0 Å². The first-order valence-electron chi connectivity index (χ1n) is 1.75. The van der Waals surface area contributed by atoms with E-state index in [1.54, 1.807) is 12.3 Å². The molecule has 0 N–H and O–H groups in total. The summed E-state index contributed by atoms with van der Waals surface area (Å²) < 4.78 is 0.850. The van der Waals surface area contributed by atoms with Crippen LogP contribution in [0.4, 0.5) is 0 Å². The highest BCUT2D eigenvalue weighted by Crippen LogP contribution is 2.03. The van der Waals surface area contributed by atoms with E-state index in [2.05, 4.69) is 34.2 Å². The van der Waals surface area contributed by atoms with Gasteiger partial charge in [0.15, 0.2) is 0 Å². The lowest BCUT2D eigenvalue weighted by Crippen LogP contribution is -1.53. The lowest BCUT2D eigenvalue weighted by molar-refractivity contribution is 1.61. The minimum absolute atomic E-state index is 0.850. The summed E-state index contributed by atoms with van der Waals surface area (Å²) in [6, 6.07) is 0. The fourth-order valence-corrected chi connectivity index (χ4v) is 0.285. The lowest BCUT2D eigenvalue weighted by Gasteiger charge is -1.76. The first kappa shape index (κ1) is 6.63. The molecule has 0 bridgehead atoms. The van der Waals surface area contributed by atoms with Gasteiger partial charge >= 0.3 is 0 Å². The molecule has 0 aromatic heterocycles. The molecule has 0 saturated carbocycles. The summed E-state index contributed by atoms with van der Waals surface area (Å²) in [6.45, 7) is 6.72. The number of allylic oxidation sites excluding steroid dienone is 2. The molecule has 0 aromatic rings. The molecule has 0 amide bonds.